The maximum atomic E-state index is 13.3. The minimum atomic E-state index is -0.623. The van der Waals surface area contributed by atoms with Gasteiger partial charge in [-0.2, -0.15) is 0 Å². The van der Waals surface area contributed by atoms with Crippen molar-refractivity contribution in [1.29, 1.82) is 0 Å². The molecule has 0 atom stereocenters. The third kappa shape index (κ3) is 2.78. The molecule has 2 aromatic rings. The molecule has 0 saturated carbocycles. The summed E-state index contributed by atoms with van der Waals surface area (Å²) in [6.07, 6.45) is -0.00273. The van der Waals surface area contributed by atoms with Crippen molar-refractivity contribution in [2.45, 2.75) is 13.3 Å². The fourth-order valence-electron chi connectivity index (χ4n) is 1.88. The number of para-hydroxylation sites is 1. The van der Waals surface area contributed by atoms with Crippen LogP contribution in [0.1, 0.15) is 21.5 Å². The molecule has 4 heteroatoms. The topological polar surface area (TPSA) is 43.1 Å². The predicted octanol–water partition coefficient (Wildman–Crippen LogP) is 3.28. The van der Waals surface area contributed by atoms with Crippen molar-refractivity contribution in [3.8, 4) is 0 Å². The molecule has 0 saturated heterocycles. The standard InChI is InChI=1S/C15H13F2NO/c1-9-5-6-11(16)7-10(9)8-14(19)12-3-2-4-13(17)15(12)18/h2-7H,8,18H2,1H3. The van der Waals surface area contributed by atoms with Crippen LogP contribution in [0.2, 0.25) is 0 Å². The number of Topliss-reactive ketones (excluding diaryl/α,β-unsaturated/α-hetero) is 1. The fourth-order valence-corrected chi connectivity index (χ4v) is 1.88. The highest BCUT2D eigenvalue weighted by molar-refractivity contribution is 6.02. The van der Waals surface area contributed by atoms with Crippen molar-refractivity contribution in [3.63, 3.8) is 0 Å². The van der Waals surface area contributed by atoms with Gasteiger partial charge in [0.2, 0.25) is 0 Å². The van der Waals surface area contributed by atoms with Crippen molar-refractivity contribution in [2.24, 2.45) is 0 Å². The van der Waals surface area contributed by atoms with Crippen LogP contribution in [0, 0.1) is 18.6 Å². The molecule has 0 fully saturated rings. The average molecular weight is 261 g/mol. The average Bonchev–Trinajstić information content (AvgIpc) is 2.37. The zero-order chi connectivity index (χ0) is 14.0. The van der Waals surface area contributed by atoms with Gasteiger partial charge >= 0.3 is 0 Å². The van der Waals surface area contributed by atoms with E-state index in [1.807, 2.05) is 0 Å². The molecule has 19 heavy (non-hydrogen) atoms. The molecule has 98 valence electrons. The van der Waals surface area contributed by atoms with Gasteiger partial charge in [0.25, 0.3) is 0 Å². The first-order chi connectivity index (χ1) is 8.99. The molecular formula is C15H13F2NO. The molecule has 2 rings (SSSR count). The number of aryl methyl sites for hydroxylation is 1. The van der Waals surface area contributed by atoms with Crippen molar-refractivity contribution in [2.75, 3.05) is 5.73 Å². The van der Waals surface area contributed by atoms with Crippen LogP contribution in [0.4, 0.5) is 14.5 Å². The summed E-state index contributed by atoms with van der Waals surface area (Å²) in [4.78, 5) is 12.1. The van der Waals surface area contributed by atoms with E-state index >= 15 is 0 Å². The van der Waals surface area contributed by atoms with Crippen LogP contribution < -0.4 is 5.73 Å². The van der Waals surface area contributed by atoms with E-state index in [-0.39, 0.29) is 23.5 Å². The normalized spacial score (nSPS) is 10.5. The quantitative estimate of drug-likeness (QED) is 0.680. The van der Waals surface area contributed by atoms with Crippen molar-refractivity contribution >= 4 is 11.5 Å². The lowest BCUT2D eigenvalue weighted by Gasteiger charge is -2.08. The van der Waals surface area contributed by atoms with Crippen LogP contribution >= 0.6 is 0 Å². The largest absolute Gasteiger partial charge is 0.396 e. The van der Waals surface area contributed by atoms with E-state index in [4.69, 9.17) is 5.73 Å². The number of ketones is 1. The van der Waals surface area contributed by atoms with Crippen LogP contribution in [0.25, 0.3) is 0 Å². The zero-order valence-corrected chi connectivity index (χ0v) is 10.4. The number of halogens is 2. The van der Waals surface area contributed by atoms with Crippen LogP contribution in [0.5, 0.6) is 0 Å². The maximum absolute atomic E-state index is 13.3. The zero-order valence-electron chi connectivity index (χ0n) is 10.4. The summed E-state index contributed by atoms with van der Waals surface area (Å²) in [5.74, 6) is -1.35. The molecule has 2 aromatic carbocycles. The molecule has 0 amide bonds. The Morgan fingerprint density at radius 1 is 1.21 bits per heavy atom. The van der Waals surface area contributed by atoms with Gasteiger partial charge in [0.1, 0.15) is 11.6 Å². The van der Waals surface area contributed by atoms with Crippen LogP contribution in [-0.4, -0.2) is 5.78 Å². The minimum absolute atomic E-state index is 0.00273. The molecule has 0 aliphatic heterocycles. The number of benzene rings is 2. The van der Waals surface area contributed by atoms with E-state index in [1.165, 1.54) is 30.3 Å². The van der Waals surface area contributed by atoms with Gasteiger partial charge in [-0.1, -0.05) is 12.1 Å². The highest BCUT2D eigenvalue weighted by Crippen LogP contribution is 2.19. The second kappa shape index (κ2) is 5.18. The van der Waals surface area contributed by atoms with Gasteiger partial charge in [0.05, 0.1) is 5.69 Å². The summed E-state index contributed by atoms with van der Waals surface area (Å²) < 4.78 is 26.4. The lowest BCUT2D eigenvalue weighted by molar-refractivity contribution is 0.0993. The first-order valence-electron chi connectivity index (χ1n) is 5.81. The molecule has 0 aromatic heterocycles. The molecule has 0 bridgehead atoms. The van der Waals surface area contributed by atoms with Gasteiger partial charge in [-0.3, -0.25) is 4.79 Å². The third-order valence-corrected chi connectivity index (χ3v) is 3.02. The van der Waals surface area contributed by atoms with Crippen LogP contribution in [-0.2, 0) is 6.42 Å². The Morgan fingerprint density at radius 2 is 1.95 bits per heavy atom. The number of carbonyl (C=O) groups is 1. The van der Waals surface area contributed by atoms with E-state index in [1.54, 1.807) is 13.0 Å². The molecule has 0 spiro atoms. The lowest BCUT2D eigenvalue weighted by atomic mass is 9.98. The van der Waals surface area contributed by atoms with E-state index in [0.29, 0.717) is 5.56 Å². The Labute approximate surface area is 109 Å². The van der Waals surface area contributed by atoms with E-state index in [0.717, 1.165) is 5.56 Å². The summed E-state index contributed by atoms with van der Waals surface area (Å²) >= 11 is 0. The highest BCUT2D eigenvalue weighted by Gasteiger charge is 2.14. The first-order valence-corrected chi connectivity index (χ1v) is 5.81. The number of hydrogen-bond donors (Lipinski definition) is 1. The molecule has 0 heterocycles. The summed E-state index contributed by atoms with van der Waals surface area (Å²) in [5.41, 5.74) is 6.89. The summed E-state index contributed by atoms with van der Waals surface area (Å²) in [7, 11) is 0. The van der Waals surface area contributed by atoms with Gasteiger partial charge in [-0.25, -0.2) is 8.78 Å². The lowest BCUT2D eigenvalue weighted by Crippen LogP contribution is -2.09. The first kappa shape index (κ1) is 13.2. The number of rotatable bonds is 3. The van der Waals surface area contributed by atoms with Gasteiger partial charge < -0.3 is 5.73 Å². The Kier molecular flexibility index (Phi) is 3.60. The van der Waals surface area contributed by atoms with Gasteiger partial charge in [-0.15, -0.1) is 0 Å². The second-order valence-corrected chi connectivity index (χ2v) is 4.37. The number of nitrogens with two attached hydrogens (primary N) is 1. The fraction of sp³-hybridized carbons (Fsp3) is 0.133. The van der Waals surface area contributed by atoms with Crippen molar-refractivity contribution in [3.05, 3.63) is 64.7 Å². The smallest absolute Gasteiger partial charge is 0.169 e. The van der Waals surface area contributed by atoms with Crippen LogP contribution in [0.3, 0.4) is 0 Å². The van der Waals surface area contributed by atoms with Crippen molar-refractivity contribution < 1.29 is 13.6 Å². The van der Waals surface area contributed by atoms with E-state index < -0.39 is 11.6 Å². The Bertz CT molecular complexity index is 638. The third-order valence-electron chi connectivity index (χ3n) is 3.02. The monoisotopic (exact) mass is 261 g/mol. The predicted molar refractivity (Wildman–Crippen MR) is 70.0 cm³/mol. The molecule has 0 radical (unpaired) electrons. The number of carbonyl (C=O) groups excluding carboxylic acids is 1. The number of hydrogen-bond acceptors (Lipinski definition) is 2. The van der Waals surface area contributed by atoms with Crippen molar-refractivity contribution in [1.82, 2.24) is 0 Å². The summed E-state index contributed by atoms with van der Waals surface area (Å²) in [5, 5.41) is 0. The molecule has 0 unspecified atom stereocenters. The van der Waals surface area contributed by atoms with E-state index in [9.17, 15) is 13.6 Å². The SMILES string of the molecule is Cc1ccc(F)cc1CC(=O)c1cccc(F)c1N. The molecule has 0 aliphatic carbocycles. The van der Waals surface area contributed by atoms with E-state index in [2.05, 4.69) is 0 Å². The second-order valence-electron chi connectivity index (χ2n) is 4.37. The molecule has 2 N–H and O–H groups in total. The van der Waals surface area contributed by atoms with Gasteiger partial charge in [0, 0.05) is 12.0 Å². The summed E-state index contributed by atoms with van der Waals surface area (Å²) in [6, 6.07) is 8.34. The summed E-state index contributed by atoms with van der Waals surface area (Å²) in [6.45, 7) is 1.79. The highest BCUT2D eigenvalue weighted by atomic mass is 19.1. The molecule has 2 nitrogen and oxygen atoms in total. The Morgan fingerprint density at radius 3 is 2.68 bits per heavy atom. The van der Waals surface area contributed by atoms with Crippen LogP contribution in [0.15, 0.2) is 36.4 Å². The Hall–Kier alpha value is -2.23. The molecular weight excluding hydrogens is 248 g/mol. The van der Waals surface area contributed by atoms with Gasteiger partial charge in [0.15, 0.2) is 5.78 Å². The maximum Gasteiger partial charge on any atom is 0.169 e. The van der Waals surface area contributed by atoms with Gasteiger partial charge in [-0.05, 0) is 42.3 Å². The Balaban J connectivity index is 2.31. The number of nitrogen functional groups attached to an aromatic ring is 1. The minimum Gasteiger partial charge on any atom is -0.396 e. The molecule has 0 aliphatic rings. The number of anilines is 1.